The fourth-order valence-corrected chi connectivity index (χ4v) is 1.81. The Morgan fingerprint density at radius 1 is 1.21 bits per heavy atom. The fraction of sp³-hybridized carbons (Fsp3) is 0.357. The zero-order valence-corrected chi connectivity index (χ0v) is 10.8. The van der Waals surface area contributed by atoms with E-state index in [-0.39, 0.29) is 12.5 Å². The van der Waals surface area contributed by atoms with Gasteiger partial charge in [0.25, 0.3) is 0 Å². The lowest BCUT2D eigenvalue weighted by Crippen LogP contribution is -2.06. The number of hydrogen-bond acceptors (Lipinski definition) is 2. The molecule has 0 saturated carbocycles. The lowest BCUT2D eigenvalue weighted by Gasteiger charge is -2.10. The highest BCUT2D eigenvalue weighted by Crippen LogP contribution is 2.20. The number of nitrogens with zero attached hydrogens (tertiary/aromatic N) is 2. The Morgan fingerprint density at radius 3 is 2.53 bits per heavy atom. The molecule has 102 valence electrons. The van der Waals surface area contributed by atoms with Gasteiger partial charge in [0.15, 0.2) is 11.6 Å². The van der Waals surface area contributed by atoms with E-state index in [1.165, 1.54) is 6.07 Å². The maximum Gasteiger partial charge on any atom is 0.159 e. The zero-order chi connectivity index (χ0) is 14.0. The Kier molecular flexibility index (Phi) is 3.95. The van der Waals surface area contributed by atoms with E-state index in [4.69, 9.17) is 0 Å². The number of hydrogen-bond donors (Lipinski definition) is 1. The molecule has 1 N–H and O–H groups in total. The molecule has 0 bridgehead atoms. The van der Waals surface area contributed by atoms with Crippen LogP contribution in [0, 0.1) is 11.6 Å². The van der Waals surface area contributed by atoms with E-state index < -0.39 is 17.7 Å². The second kappa shape index (κ2) is 5.48. The van der Waals surface area contributed by atoms with Crippen molar-refractivity contribution < 1.29 is 13.9 Å². The van der Waals surface area contributed by atoms with Crippen LogP contribution in [0.25, 0.3) is 0 Å². The van der Waals surface area contributed by atoms with Crippen molar-refractivity contribution in [2.75, 3.05) is 0 Å². The molecule has 3 nitrogen and oxygen atoms in total. The summed E-state index contributed by atoms with van der Waals surface area (Å²) in [5.41, 5.74) is 1.06. The van der Waals surface area contributed by atoms with Crippen LogP contribution in [0.5, 0.6) is 0 Å². The predicted molar refractivity (Wildman–Crippen MR) is 67.6 cm³/mol. The molecule has 0 aliphatic carbocycles. The van der Waals surface area contributed by atoms with E-state index in [1.807, 2.05) is 26.1 Å². The van der Waals surface area contributed by atoms with Gasteiger partial charge in [-0.2, -0.15) is 5.10 Å². The number of aliphatic hydroxyl groups excluding tert-OH is 1. The third kappa shape index (κ3) is 3.17. The second-order valence-electron chi connectivity index (χ2n) is 4.77. The van der Waals surface area contributed by atoms with Gasteiger partial charge in [-0.3, -0.25) is 4.68 Å². The molecule has 0 aliphatic heterocycles. The van der Waals surface area contributed by atoms with Gasteiger partial charge in [0.1, 0.15) is 0 Å². The van der Waals surface area contributed by atoms with Crippen LogP contribution >= 0.6 is 0 Å². The number of rotatable bonds is 4. The molecule has 0 fully saturated rings. The average molecular weight is 266 g/mol. The van der Waals surface area contributed by atoms with Gasteiger partial charge in [0.2, 0.25) is 0 Å². The van der Waals surface area contributed by atoms with Crippen molar-refractivity contribution >= 4 is 0 Å². The summed E-state index contributed by atoms with van der Waals surface area (Å²) < 4.78 is 27.7. The molecular formula is C14H16F2N2O. The average Bonchev–Trinajstić information content (AvgIpc) is 2.81. The lowest BCUT2D eigenvalue weighted by atomic mass is 10.0. The molecule has 2 rings (SSSR count). The molecular weight excluding hydrogens is 250 g/mol. The monoisotopic (exact) mass is 266 g/mol. The fourth-order valence-electron chi connectivity index (χ4n) is 1.81. The summed E-state index contributed by atoms with van der Waals surface area (Å²) in [5, 5.41) is 14.3. The number of halogens is 2. The minimum Gasteiger partial charge on any atom is -0.388 e. The maximum atomic E-state index is 13.1. The summed E-state index contributed by atoms with van der Waals surface area (Å²) >= 11 is 0. The Labute approximate surface area is 110 Å². The van der Waals surface area contributed by atoms with Crippen LogP contribution in [0.15, 0.2) is 30.5 Å². The van der Waals surface area contributed by atoms with Crippen molar-refractivity contribution in [2.24, 2.45) is 0 Å². The van der Waals surface area contributed by atoms with E-state index in [0.717, 1.165) is 12.1 Å². The second-order valence-corrected chi connectivity index (χ2v) is 4.77. The number of aliphatic hydroxyl groups is 1. The quantitative estimate of drug-likeness (QED) is 0.923. The summed E-state index contributed by atoms with van der Waals surface area (Å²) in [4.78, 5) is 0. The van der Waals surface area contributed by atoms with E-state index >= 15 is 0 Å². The number of aromatic nitrogens is 2. The predicted octanol–water partition coefficient (Wildman–Crippen LogP) is 3.02. The van der Waals surface area contributed by atoms with Gasteiger partial charge in [-0.25, -0.2) is 8.78 Å². The van der Waals surface area contributed by atoms with Gasteiger partial charge in [-0.1, -0.05) is 6.07 Å². The highest BCUT2D eigenvalue weighted by Gasteiger charge is 2.13. The lowest BCUT2D eigenvalue weighted by molar-refractivity contribution is 0.176. The molecule has 19 heavy (non-hydrogen) atoms. The van der Waals surface area contributed by atoms with Gasteiger partial charge in [-0.05, 0) is 37.6 Å². The Bertz CT molecular complexity index is 566. The van der Waals surface area contributed by atoms with Crippen molar-refractivity contribution in [3.63, 3.8) is 0 Å². The molecule has 1 heterocycles. The zero-order valence-electron chi connectivity index (χ0n) is 10.8. The molecule has 5 heteroatoms. The van der Waals surface area contributed by atoms with Crippen LogP contribution in [0.1, 0.15) is 37.3 Å². The summed E-state index contributed by atoms with van der Waals surface area (Å²) in [7, 11) is 0. The van der Waals surface area contributed by atoms with Crippen LogP contribution in [0.3, 0.4) is 0 Å². The molecule has 1 unspecified atom stereocenters. The van der Waals surface area contributed by atoms with Crippen LogP contribution < -0.4 is 0 Å². The van der Waals surface area contributed by atoms with Crippen molar-refractivity contribution in [3.8, 4) is 0 Å². The first-order chi connectivity index (χ1) is 8.97. The van der Waals surface area contributed by atoms with Gasteiger partial charge in [0.05, 0.1) is 11.8 Å². The van der Waals surface area contributed by atoms with Crippen LogP contribution in [-0.4, -0.2) is 14.9 Å². The molecule has 0 saturated heterocycles. The van der Waals surface area contributed by atoms with Crippen molar-refractivity contribution in [2.45, 2.75) is 32.4 Å². The molecule has 0 amide bonds. The molecule has 1 aromatic heterocycles. The summed E-state index contributed by atoms with van der Waals surface area (Å²) in [5.74, 6) is -1.87. The third-order valence-electron chi connectivity index (χ3n) is 2.92. The molecule has 0 spiro atoms. The third-order valence-corrected chi connectivity index (χ3v) is 2.92. The van der Waals surface area contributed by atoms with Gasteiger partial charge in [0, 0.05) is 18.7 Å². The highest BCUT2D eigenvalue weighted by molar-refractivity contribution is 5.21. The Hall–Kier alpha value is -1.75. The normalized spacial score (nSPS) is 12.9. The van der Waals surface area contributed by atoms with Crippen molar-refractivity contribution in [3.05, 3.63) is 53.4 Å². The minimum atomic E-state index is -0.954. The SMILES string of the molecule is CC(C)n1ccc(CC(O)c2ccc(F)c(F)c2)n1. The standard InChI is InChI=1S/C14H16F2N2O/c1-9(2)18-6-5-11(17-18)8-14(19)10-3-4-12(15)13(16)7-10/h3-7,9,14,19H,8H2,1-2H3. The molecule has 1 atom stereocenters. The molecule has 2 aromatic rings. The van der Waals surface area contributed by atoms with E-state index in [1.54, 1.807) is 4.68 Å². The summed E-state index contributed by atoms with van der Waals surface area (Å²) in [6.07, 6.45) is 1.20. The first-order valence-electron chi connectivity index (χ1n) is 6.14. The summed E-state index contributed by atoms with van der Waals surface area (Å²) in [6, 6.07) is 5.46. The highest BCUT2D eigenvalue weighted by atomic mass is 19.2. The van der Waals surface area contributed by atoms with E-state index in [0.29, 0.717) is 11.3 Å². The van der Waals surface area contributed by atoms with Crippen molar-refractivity contribution in [1.29, 1.82) is 0 Å². The van der Waals surface area contributed by atoms with Crippen LogP contribution in [0.4, 0.5) is 8.78 Å². The first kappa shape index (κ1) is 13.7. The van der Waals surface area contributed by atoms with Crippen LogP contribution in [-0.2, 0) is 6.42 Å². The number of benzene rings is 1. The summed E-state index contributed by atoms with van der Waals surface area (Å²) in [6.45, 7) is 4.01. The Balaban J connectivity index is 2.11. The van der Waals surface area contributed by atoms with Crippen LogP contribution in [0.2, 0.25) is 0 Å². The van der Waals surface area contributed by atoms with Gasteiger partial charge < -0.3 is 5.11 Å². The van der Waals surface area contributed by atoms with Gasteiger partial charge >= 0.3 is 0 Å². The maximum absolute atomic E-state index is 13.1. The molecule has 0 radical (unpaired) electrons. The topological polar surface area (TPSA) is 38.0 Å². The minimum absolute atomic E-state index is 0.245. The van der Waals surface area contributed by atoms with E-state index in [2.05, 4.69) is 5.10 Å². The Morgan fingerprint density at radius 2 is 1.95 bits per heavy atom. The smallest absolute Gasteiger partial charge is 0.159 e. The molecule has 1 aromatic carbocycles. The van der Waals surface area contributed by atoms with E-state index in [9.17, 15) is 13.9 Å². The van der Waals surface area contributed by atoms with Gasteiger partial charge in [-0.15, -0.1) is 0 Å². The van der Waals surface area contributed by atoms with Crippen molar-refractivity contribution in [1.82, 2.24) is 9.78 Å². The first-order valence-corrected chi connectivity index (χ1v) is 6.14. The largest absolute Gasteiger partial charge is 0.388 e. The molecule has 0 aliphatic rings.